The number of rotatable bonds is 19. The Kier molecular flexibility index (Phi) is 21.7. The van der Waals surface area contributed by atoms with Gasteiger partial charge in [0.05, 0.1) is 63.6 Å². The fraction of sp³-hybridized carbons (Fsp3) is 0.517. The SMILES string of the molecule is CN(CC1CCC(N2Cc3cc(NC(=O)c4cccc(C(F)(F)F)n4)c(OCc4ccc(C(F)(F)F)nc4C(=O)Nc4cc5c(cc4N4C[C@H]6C[C@@H]4CO6)C(=O)N(C4CCC(CN6CCC(c7cccc8c7n(C)c(=O)n8C7CCC(=O)NC7=O)CC6)CC4)C5)cc3C2(C)C)CC1)C1CCN(c2cccc3c2n(C)c(=O)n3C2CCC(=O)NC2=O)CC1. The summed E-state index contributed by atoms with van der Waals surface area (Å²) >= 11 is 0. The number of anilines is 4. The van der Waals surface area contributed by atoms with E-state index in [0.717, 1.165) is 180 Å². The van der Waals surface area contributed by atoms with Crippen LogP contribution in [0.1, 0.15) is 212 Å². The summed E-state index contributed by atoms with van der Waals surface area (Å²) < 4.78 is 106. The number of aromatic nitrogens is 6. The van der Waals surface area contributed by atoms with Crippen molar-refractivity contribution in [1.82, 2.24) is 58.5 Å². The Hall–Kier alpha value is -10.8. The lowest BCUT2D eigenvalue weighted by Gasteiger charge is -2.44. The number of nitrogens with zero attached hydrogens (tertiary/aromatic N) is 12. The van der Waals surface area contributed by atoms with Gasteiger partial charge in [-0.05, 0) is 231 Å². The molecule has 0 radical (unpaired) electrons. The number of ether oxygens (including phenoxy) is 2. The second-order valence-corrected chi connectivity index (χ2v) is 35.8. The smallest absolute Gasteiger partial charge is 0.433 e. The Morgan fingerprint density at radius 3 is 1.88 bits per heavy atom. The summed E-state index contributed by atoms with van der Waals surface area (Å²) in [7, 11) is 5.64. The molecule has 0 spiro atoms. The number of hydrogen-bond donors (Lipinski definition) is 4. The number of likely N-dealkylation sites (tertiary alicyclic amines) is 1. The van der Waals surface area contributed by atoms with E-state index in [2.05, 4.69) is 82.7 Å². The van der Waals surface area contributed by atoms with Gasteiger partial charge in [-0.3, -0.25) is 67.4 Å². The normalized spacial score (nSPS) is 24.4. The van der Waals surface area contributed by atoms with E-state index in [1.165, 1.54) is 9.13 Å². The first-order valence-electron chi connectivity index (χ1n) is 42.8. The largest absolute Gasteiger partial charge is 0.487 e. The van der Waals surface area contributed by atoms with Crippen molar-refractivity contribution in [2.24, 2.45) is 25.9 Å². The predicted molar refractivity (Wildman–Crippen MR) is 441 cm³/mol. The molecule has 4 aromatic carbocycles. The number of pyridine rings is 2. The van der Waals surface area contributed by atoms with Gasteiger partial charge in [0, 0.05) is 108 Å². The van der Waals surface area contributed by atoms with Crippen LogP contribution in [0.5, 0.6) is 5.75 Å². The van der Waals surface area contributed by atoms with E-state index in [-0.39, 0.29) is 114 Å². The third-order valence-electron chi connectivity index (χ3n) is 28.1. The molecule has 33 heteroatoms. The van der Waals surface area contributed by atoms with Gasteiger partial charge in [-0.15, -0.1) is 0 Å². The highest BCUT2D eigenvalue weighted by Crippen LogP contribution is 2.49. The van der Waals surface area contributed by atoms with Crippen molar-refractivity contribution < 1.29 is 69.4 Å². The molecule has 4 N–H and O–H groups in total. The van der Waals surface area contributed by atoms with E-state index in [4.69, 9.17) is 9.47 Å². The molecule has 18 rings (SSSR count). The monoisotopic (exact) mass is 1680 g/mol. The lowest BCUT2D eigenvalue weighted by molar-refractivity contribution is -0.142. The van der Waals surface area contributed by atoms with Crippen LogP contribution in [0.2, 0.25) is 0 Å². The highest BCUT2D eigenvalue weighted by atomic mass is 19.4. The minimum absolute atomic E-state index is 0.0191. The van der Waals surface area contributed by atoms with Crippen LogP contribution < -0.4 is 47.2 Å². The molecule has 4 atom stereocenters. The highest BCUT2D eigenvalue weighted by Gasteiger charge is 2.47. The number of aryl methyl sites for hydroxylation is 2. The third-order valence-corrected chi connectivity index (χ3v) is 28.1. The number of nitrogens with one attached hydrogen (secondary N) is 4. The summed E-state index contributed by atoms with van der Waals surface area (Å²) in [6, 6.07) is 22.1. The predicted octanol–water partition coefficient (Wildman–Crippen LogP) is 11.4. The maximum atomic E-state index is 15.2. The quantitative estimate of drug-likeness (QED) is 0.0432. The van der Waals surface area contributed by atoms with Gasteiger partial charge in [0.1, 0.15) is 47.2 Å². The van der Waals surface area contributed by atoms with Crippen molar-refractivity contribution in [3.8, 4) is 5.75 Å². The zero-order chi connectivity index (χ0) is 85.3. The van der Waals surface area contributed by atoms with Crippen molar-refractivity contribution >= 4 is 86.2 Å². The number of morpholine rings is 1. The number of alkyl halides is 6. The zero-order valence-corrected chi connectivity index (χ0v) is 68.9. The van der Waals surface area contributed by atoms with E-state index in [1.807, 2.05) is 35.2 Å². The Balaban J connectivity index is 0.541. The Morgan fingerprint density at radius 1 is 0.615 bits per heavy atom. The van der Waals surface area contributed by atoms with Crippen LogP contribution in [0.25, 0.3) is 22.1 Å². The van der Waals surface area contributed by atoms with Crippen LogP contribution in [0.15, 0.2) is 101 Å². The van der Waals surface area contributed by atoms with Gasteiger partial charge in [-0.1, -0.05) is 30.3 Å². The molecule has 10 aliphatic rings. The zero-order valence-electron chi connectivity index (χ0n) is 68.9. The molecule has 6 saturated heterocycles. The number of carbonyl (C=O) groups excluding carboxylic acids is 7. The molecule has 7 amide bonds. The second kappa shape index (κ2) is 32.2. The molecule has 12 heterocycles. The number of amides is 7. The summed E-state index contributed by atoms with van der Waals surface area (Å²) in [6.45, 7) is 10.1. The first-order chi connectivity index (χ1) is 58.4. The van der Waals surface area contributed by atoms with E-state index in [9.17, 15) is 64.7 Å². The van der Waals surface area contributed by atoms with Gasteiger partial charge in [0.15, 0.2) is 0 Å². The highest BCUT2D eigenvalue weighted by molar-refractivity contribution is 6.08. The third kappa shape index (κ3) is 15.4. The minimum atomic E-state index is -4.99. The van der Waals surface area contributed by atoms with Crippen molar-refractivity contribution in [1.29, 1.82) is 0 Å². The van der Waals surface area contributed by atoms with Gasteiger partial charge in [-0.25, -0.2) is 19.6 Å². The summed E-state index contributed by atoms with van der Waals surface area (Å²) in [5, 5.41) is 10.5. The first-order valence-corrected chi connectivity index (χ1v) is 42.8. The topological polar surface area (TPSA) is 285 Å². The lowest BCUT2D eigenvalue weighted by atomic mass is 9.83. The Bertz CT molecular complexity index is 5670. The fourth-order valence-electron chi connectivity index (χ4n) is 21.7. The summed E-state index contributed by atoms with van der Waals surface area (Å²) in [5.41, 5.74) is 3.29. The maximum Gasteiger partial charge on any atom is 0.433 e. The number of para-hydroxylation sites is 2. The van der Waals surface area contributed by atoms with Gasteiger partial charge < -0.3 is 44.6 Å². The number of imidazole rings is 2. The summed E-state index contributed by atoms with van der Waals surface area (Å²) in [4.78, 5) is 143. The van der Waals surface area contributed by atoms with Crippen molar-refractivity contribution in [3.05, 3.63) is 168 Å². The standard InChI is InChI=1S/C89H100F6N16O11/c1-87(2)62-41-72(65(98-80(114)63-10-7-14-73(96-63)88(90,91)92)38-54(62)45-109(87)57-22-17-49(18-23-57)42-102(3)55-31-35-106(36-32-55)66-11-8-13-68-79(66)104(5)86(120)111(68)70-25-28-76(113)101-82(70)116)122-47-52-19-26-74(89(93,94)95)99-77(52)83(117)97-64-37-53-44-108(84(118)61(53)40-71(64)107-46-59-39-58(107)48-121-59)56-20-15-50(16-21-56)43-105-33-29-51(30-34-105)60-9-6-12-67-78(60)103(4)85(119)110(67)69-24-27-75(112)100-81(69)115/h6-14,19,26,37-38,40-41,49-51,55-59,69-70H,15-18,20-25,27-36,39,42-48H2,1-5H3,(H,97,117)(H,98,114)(H,100,112,115)(H,101,113,116)/t49?,50?,56?,57?,58-,59-,69?,70?/m1/s1. The number of carbonyl (C=O) groups is 7. The molecule has 2 saturated carbocycles. The lowest BCUT2D eigenvalue weighted by Crippen LogP contribution is -2.47. The fourth-order valence-corrected chi connectivity index (χ4v) is 21.7. The number of benzene rings is 4. The average molecular weight is 1680 g/mol. The average Bonchev–Trinajstić information content (AvgIpc) is 1.62. The molecule has 2 bridgehead atoms. The molecule has 644 valence electrons. The summed E-state index contributed by atoms with van der Waals surface area (Å²) in [5.74, 6) is -2.77. The Morgan fingerprint density at radius 2 is 1.23 bits per heavy atom. The van der Waals surface area contributed by atoms with E-state index in [0.29, 0.717) is 71.8 Å². The molecule has 8 fully saturated rings. The van der Waals surface area contributed by atoms with E-state index >= 15 is 4.79 Å². The maximum absolute atomic E-state index is 15.2. The number of halogens is 6. The van der Waals surface area contributed by atoms with Gasteiger partial charge >= 0.3 is 23.7 Å². The molecule has 4 aromatic heterocycles. The second-order valence-electron chi connectivity index (χ2n) is 35.8. The molecule has 8 aliphatic heterocycles. The number of piperidine rings is 4. The van der Waals surface area contributed by atoms with Gasteiger partial charge in [-0.2, -0.15) is 26.3 Å². The van der Waals surface area contributed by atoms with Crippen LogP contribution in [-0.2, 0) is 75.6 Å². The van der Waals surface area contributed by atoms with Crippen LogP contribution in [0.4, 0.5) is 49.1 Å². The molecule has 122 heavy (non-hydrogen) atoms. The number of fused-ring (bicyclic) bond motifs is 6. The number of hydrogen-bond acceptors (Lipinski definition) is 18. The summed E-state index contributed by atoms with van der Waals surface area (Å²) in [6.07, 6.45) is 2.02. The molecule has 2 unspecified atom stereocenters. The molecule has 8 aromatic rings. The van der Waals surface area contributed by atoms with Crippen molar-refractivity contribution in [2.75, 3.05) is 79.9 Å². The number of imide groups is 2. The van der Waals surface area contributed by atoms with Gasteiger partial charge in [0.2, 0.25) is 23.6 Å². The van der Waals surface area contributed by atoms with Crippen LogP contribution in [0, 0.1) is 11.8 Å². The molecule has 2 aliphatic carbocycles. The minimum Gasteiger partial charge on any atom is -0.487 e. The van der Waals surface area contributed by atoms with Gasteiger partial charge in [0.25, 0.3) is 17.7 Å². The molecular weight excluding hydrogens is 1580 g/mol. The molecular formula is C89H100F6N16O11. The molecule has 27 nitrogen and oxygen atoms in total. The Labute approximate surface area is 699 Å². The van der Waals surface area contributed by atoms with Crippen molar-refractivity contribution in [3.63, 3.8) is 0 Å². The first kappa shape index (κ1) is 82.2. The van der Waals surface area contributed by atoms with Crippen LogP contribution in [0.3, 0.4) is 0 Å². The van der Waals surface area contributed by atoms with Crippen molar-refractivity contribution in [2.45, 2.75) is 209 Å². The van der Waals surface area contributed by atoms with E-state index in [1.54, 1.807) is 47.5 Å². The van der Waals surface area contributed by atoms with Crippen LogP contribution in [-0.4, -0.2) is 179 Å². The van der Waals surface area contributed by atoms with Crippen LogP contribution >= 0.6 is 0 Å². The van der Waals surface area contributed by atoms with E-state index < -0.39 is 83.0 Å².